The number of carbonyl (C=O) groups is 3. The summed E-state index contributed by atoms with van der Waals surface area (Å²) >= 11 is 3.26. The topological polar surface area (TPSA) is 93.7 Å². The van der Waals surface area contributed by atoms with Crippen LogP contribution >= 0.6 is 15.9 Å². The minimum atomic E-state index is -2.88. The van der Waals surface area contributed by atoms with Crippen LogP contribution in [0.3, 0.4) is 0 Å². The Kier molecular flexibility index (Phi) is 9.20. The van der Waals surface area contributed by atoms with E-state index in [0.717, 1.165) is 10.0 Å². The van der Waals surface area contributed by atoms with Gasteiger partial charge in [-0.3, -0.25) is 14.4 Å². The van der Waals surface area contributed by atoms with Crippen molar-refractivity contribution >= 4 is 33.7 Å². The zero-order valence-corrected chi connectivity index (χ0v) is 17.3. The average Bonchev–Trinajstić information content (AvgIpc) is 2.72. The lowest BCUT2D eigenvalue weighted by atomic mass is 10.1. The molecule has 2 aromatic carbocycles. The molecule has 0 aliphatic carbocycles. The van der Waals surface area contributed by atoms with E-state index >= 15 is 0 Å². The molecule has 2 rings (SSSR count). The first-order chi connectivity index (χ1) is 14.3. The number of rotatable bonds is 10. The molecule has 30 heavy (non-hydrogen) atoms. The second-order valence-corrected chi connectivity index (χ2v) is 6.89. The van der Waals surface area contributed by atoms with Crippen LogP contribution in [0.5, 0.6) is 5.75 Å². The summed E-state index contributed by atoms with van der Waals surface area (Å²) in [4.78, 5) is 35.3. The van der Waals surface area contributed by atoms with Crippen LogP contribution in [0.15, 0.2) is 53.0 Å². The summed E-state index contributed by atoms with van der Waals surface area (Å²) in [5.41, 5.74) is 1.20. The molecule has 0 bridgehead atoms. The third kappa shape index (κ3) is 8.56. The normalized spacial score (nSPS) is 10.4. The second kappa shape index (κ2) is 11.9. The summed E-state index contributed by atoms with van der Waals surface area (Å²) in [6.07, 6.45) is 0.456. The first-order valence-electron chi connectivity index (χ1n) is 8.83. The number of hydrogen-bond acceptors (Lipinski definition) is 5. The molecule has 0 fully saturated rings. The van der Waals surface area contributed by atoms with E-state index in [1.165, 1.54) is 12.1 Å². The molecule has 2 amide bonds. The SMILES string of the molecule is O=C(COC(=O)CNC(=O)c1ccc(Br)cc1)NCCc1ccc(OC(F)F)cc1. The van der Waals surface area contributed by atoms with Gasteiger partial charge in [-0.1, -0.05) is 28.1 Å². The molecule has 0 aliphatic heterocycles. The summed E-state index contributed by atoms with van der Waals surface area (Å²) in [7, 11) is 0. The summed E-state index contributed by atoms with van der Waals surface area (Å²) in [6, 6.07) is 12.6. The van der Waals surface area contributed by atoms with E-state index in [-0.39, 0.29) is 18.8 Å². The molecular weight excluding hydrogens is 466 g/mol. The molecule has 2 aromatic rings. The second-order valence-electron chi connectivity index (χ2n) is 5.97. The van der Waals surface area contributed by atoms with Gasteiger partial charge in [0.25, 0.3) is 11.8 Å². The number of ether oxygens (including phenoxy) is 2. The fourth-order valence-electron chi connectivity index (χ4n) is 2.29. The Morgan fingerprint density at radius 1 is 0.967 bits per heavy atom. The highest BCUT2D eigenvalue weighted by Crippen LogP contribution is 2.15. The number of carbonyl (C=O) groups excluding carboxylic acids is 3. The van der Waals surface area contributed by atoms with Crippen LogP contribution in [0.1, 0.15) is 15.9 Å². The molecule has 0 saturated heterocycles. The standard InChI is InChI=1S/C20H19BrF2N2O5/c21-15-5-3-14(4-6-15)19(28)25-11-18(27)29-12-17(26)24-10-9-13-1-7-16(8-2-13)30-20(22)23/h1-8,20H,9-12H2,(H,24,26)(H,25,28). The van der Waals surface area contributed by atoms with Crippen molar-refractivity contribution in [3.63, 3.8) is 0 Å². The Balaban J connectivity index is 1.61. The molecule has 2 N–H and O–H groups in total. The molecule has 7 nitrogen and oxygen atoms in total. The Morgan fingerprint density at radius 3 is 2.27 bits per heavy atom. The number of amides is 2. The van der Waals surface area contributed by atoms with Gasteiger partial charge in [-0.05, 0) is 48.4 Å². The number of halogens is 3. The average molecular weight is 485 g/mol. The molecule has 160 valence electrons. The van der Waals surface area contributed by atoms with Crippen LogP contribution < -0.4 is 15.4 Å². The summed E-state index contributed by atoms with van der Waals surface area (Å²) in [5.74, 6) is -1.63. The van der Waals surface area contributed by atoms with Gasteiger partial charge in [0, 0.05) is 16.6 Å². The van der Waals surface area contributed by atoms with E-state index in [4.69, 9.17) is 4.74 Å². The molecule has 0 radical (unpaired) electrons. The smallest absolute Gasteiger partial charge is 0.387 e. The summed E-state index contributed by atoms with van der Waals surface area (Å²) < 4.78 is 34.1. The lowest BCUT2D eigenvalue weighted by molar-refractivity contribution is -0.147. The number of benzene rings is 2. The highest BCUT2D eigenvalue weighted by atomic mass is 79.9. The largest absolute Gasteiger partial charge is 0.454 e. The predicted molar refractivity (Wildman–Crippen MR) is 107 cm³/mol. The third-order valence-corrected chi connectivity index (χ3v) is 4.28. The van der Waals surface area contributed by atoms with E-state index in [2.05, 4.69) is 31.3 Å². The zero-order valence-electron chi connectivity index (χ0n) is 15.7. The first-order valence-corrected chi connectivity index (χ1v) is 9.62. The first kappa shape index (κ1) is 23.3. The quantitative estimate of drug-likeness (QED) is 0.505. The van der Waals surface area contributed by atoms with Gasteiger partial charge in [0.1, 0.15) is 12.3 Å². The molecule has 0 aliphatic rings. The molecule has 0 saturated carbocycles. The van der Waals surface area contributed by atoms with Crippen LogP contribution in [0.2, 0.25) is 0 Å². The molecule has 0 atom stereocenters. The Hall–Kier alpha value is -3.01. The van der Waals surface area contributed by atoms with Crippen LogP contribution in [-0.2, 0) is 20.7 Å². The lowest BCUT2D eigenvalue weighted by Crippen LogP contribution is -2.34. The molecule has 0 spiro atoms. The van der Waals surface area contributed by atoms with E-state index in [9.17, 15) is 23.2 Å². The van der Waals surface area contributed by atoms with Crippen LogP contribution in [-0.4, -0.2) is 44.1 Å². The minimum absolute atomic E-state index is 0.0527. The van der Waals surface area contributed by atoms with E-state index < -0.39 is 31.0 Å². The summed E-state index contributed by atoms with van der Waals surface area (Å²) in [6.45, 7) is -3.46. The molecule has 10 heteroatoms. The van der Waals surface area contributed by atoms with E-state index in [1.807, 2.05) is 0 Å². The zero-order chi connectivity index (χ0) is 21.9. The van der Waals surface area contributed by atoms with Gasteiger partial charge in [-0.15, -0.1) is 0 Å². The minimum Gasteiger partial charge on any atom is -0.454 e. The van der Waals surface area contributed by atoms with Gasteiger partial charge in [0.2, 0.25) is 0 Å². The number of alkyl halides is 2. The predicted octanol–water partition coefficient (Wildman–Crippen LogP) is 2.68. The van der Waals surface area contributed by atoms with Crippen molar-refractivity contribution in [2.75, 3.05) is 19.7 Å². The van der Waals surface area contributed by atoms with Crippen LogP contribution in [0.25, 0.3) is 0 Å². The van der Waals surface area contributed by atoms with Gasteiger partial charge in [0.05, 0.1) is 0 Å². The van der Waals surface area contributed by atoms with Crippen molar-refractivity contribution < 1.29 is 32.6 Å². The maximum absolute atomic E-state index is 12.1. The van der Waals surface area contributed by atoms with Crippen molar-refractivity contribution in [3.8, 4) is 5.75 Å². The van der Waals surface area contributed by atoms with Crippen LogP contribution in [0, 0.1) is 0 Å². The maximum atomic E-state index is 12.1. The Labute approximate surface area is 179 Å². The van der Waals surface area contributed by atoms with Crippen molar-refractivity contribution in [3.05, 3.63) is 64.1 Å². The highest BCUT2D eigenvalue weighted by Gasteiger charge is 2.11. The van der Waals surface area contributed by atoms with E-state index in [1.54, 1.807) is 36.4 Å². The van der Waals surface area contributed by atoms with Crippen molar-refractivity contribution in [2.45, 2.75) is 13.0 Å². The monoisotopic (exact) mass is 484 g/mol. The number of hydrogen-bond donors (Lipinski definition) is 2. The third-order valence-electron chi connectivity index (χ3n) is 3.75. The highest BCUT2D eigenvalue weighted by molar-refractivity contribution is 9.10. The van der Waals surface area contributed by atoms with Crippen molar-refractivity contribution in [1.82, 2.24) is 10.6 Å². The summed E-state index contributed by atoms with van der Waals surface area (Å²) in [5, 5.41) is 4.98. The molecule has 0 aromatic heterocycles. The van der Waals surface area contributed by atoms with Gasteiger partial charge >= 0.3 is 12.6 Å². The van der Waals surface area contributed by atoms with Gasteiger partial charge in [0.15, 0.2) is 6.61 Å². The number of nitrogens with one attached hydrogen (secondary N) is 2. The van der Waals surface area contributed by atoms with Gasteiger partial charge < -0.3 is 20.1 Å². The fourth-order valence-corrected chi connectivity index (χ4v) is 2.55. The number of esters is 1. The van der Waals surface area contributed by atoms with Gasteiger partial charge in [-0.2, -0.15) is 8.78 Å². The Bertz CT molecular complexity index is 861. The van der Waals surface area contributed by atoms with Crippen molar-refractivity contribution in [1.29, 1.82) is 0 Å². The molecular formula is C20H19BrF2N2O5. The maximum Gasteiger partial charge on any atom is 0.387 e. The van der Waals surface area contributed by atoms with Crippen LogP contribution in [0.4, 0.5) is 8.78 Å². The van der Waals surface area contributed by atoms with Gasteiger partial charge in [-0.25, -0.2) is 0 Å². The Morgan fingerprint density at radius 2 is 1.63 bits per heavy atom. The fraction of sp³-hybridized carbons (Fsp3) is 0.250. The lowest BCUT2D eigenvalue weighted by Gasteiger charge is -2.08. The molecule has 0 unspecified atom stereocenters. The van der Waals surface area contributed by atoms with E-state index in [0.29, 0.717) is 12.0 Å². The van der Waals surface area contributed by atoms with Crippen molar-refractivity contribution in [2.24, 2.45) is 0 Å². The molecule has 0 heterocycles.